The summed E-state index contributed by atoms with van der Waals surface area (Å²) in [5.74, 6) is 0.636. The SMILES string of the molecule is CCCCC(CC)COC(c1ccc(Cl)s1)C(C)N. The van der Waals surface area contributed by atoms with Crippen LogP contribution in [0.1, 0.15) is 57.4 Å². The van der Waals surface area contributed by atoms with Crippen LogP contribution in [-0.2, 0) is 4.74 Å². The van der Waals surface area contributed by atoms with E-state index in [1.165, 1.54) is 19.3 Å². The van der Waals surface area contributed by atoms with Crippen molar-refractivity contribution in [2.45, 2.75) is 58.6 Å². The van der Waals surface area contributed by atoms with E-state index < -0.39 is 0 Å². The first-order valence-corrected chi connectivity index (χ1v) is 8.40. The largest absolute Gasteiger partial charge is 0.371 e. The van der Waals surface area contributed by atoms with Crippen LogP contribution < -0.4 is 5.73 Å². The lowest BCUT2D eigenvalue weighted by Crippen LogP contribution is -2.28. The summed E-state index contributed by atoms with van der Waals surface area (Å²) in [6.45, 7) is 7.24. The highest BCUT2D eigenvalue weighted by atomic mass is 35.5. The van der Waals surface area contributed by atoms with Gasteiger partial charge in [0.2, 0.25) is 0 Å². The Labute approximate surface area is 126 Å². The number of ether oxygens (including phenoxy) is 1. The maximum atomic E-state index is 6.08. The molecule has 2 N–H and O–H groups in total. The molecule has 0 aliphatic heterocycles. The van der Waals surface area contributed by atoms with Gasteiger partial charge in [-0.2, -0.15) is 0 Å². The predicted molar refractivity (Wildman–Crippen MR) is 85.0 cm³/mol. The number of nitrogens with two attached hydrogens (primary N) is 1. The lowest BCUT2D eigenvalue weighted by Gasteiger charge is -2.23. The lowest BCUT2D eigenvalue weighted by atomic mass is 10.0. The van der Waals surface area contributed by atoms with Crippen LogP contribution in [0.4, 0.5) is 0 Å². The summed E-state index contributed by atoms with van der Waals surface area (Å²) in [6.07, 6.45) is 4.89. The number of unbranched alkanes of at least 4 members (excludes halogenated alkanes) is 1. The standard InChI is InChI=1S/C15H26ClNOS/c1-4-6-7-12(5-2)10-18-15(11(3)17)13-8-9-14(16)19-13/h8-9,11-12,15H,4-7,10,17H2,1-3H3. The molecule has 19 heavy (non-hydrogen) atoms. The van der Waals surface area contributed by atoms with Crippen molar-refractivity contribution in [1.29, 1.82) is 0 Å². The lowest BCUT2D eigenvalue weighted by molar-refractivity contribution is 0.0148. The Balaban J connectivity index is 2.54. The van der Waals surface area contributed by atoms with Gasteiger partial charge in [-0.15, -0.1) is 11.3 Å². The highest BCUT2D eigenvalue weighted by Crippen LogP contribution is 2.31. The Morgan fingerprint density at radius 2 is 2.11 bits per heavy atom. The van der Waals surface area contributed by atoms with E-state index in [9.17, 15) is 0 Å². The van der Waals surface area contributed by atoms with Crippen LogP contribution in [0.5, 0.6) is 0 Å². The van der Waals surface area contributed by atoms with E-state index in [1.807, 2.05) is 19.1 Å². The molecule has 0 aliphatic carbocycles. The minimum atomic E-state index is -0.0341. The topological polar surface area (TPSA) is 35.2 Å². The maximum absolute atomic E-state index is 6.08. The first kappa shape index (κ1) is 17.0. The molecule has 110 valence electrons. The van der Waals surface area contributed by atoms with Gasteiger partial charge in [0.1, 0.15) is 6.10 Å². The molecule has 1 rings (SSSR count). The monoisotopic (exact) mass is 303 g/mol. The second-order valence-electron chi connectivity index (χ2n) is 5.17. The van der Waals surface area contributed by atoms with Gasteiger partial charge in [-0.25, -0.2) is 0 Å². The molecular formula is C15H26ClNOS. The van der Waals surface area contributed by atoms with Crippen molar-refractivity contribution in [3.8, 4) is 0 Å². The average Bonchev–Trinajstić information content (AvgIpc) is 2.79. The fourth-order valence-corrected chi connectivity index (χ4v) is 3.34. The van der Waals surface area contributed by atoms with Crippen LogP contribution in [0.2, 0.25) is 4.34 Å². The molecule has 1 aromatic rings. The molecule has 0 radical (unpaired) electrons. The second-order valence-corrected chi connectivity index (χ2v) is 6.92. The van der Waals surface area contributed by atoms with Crippen molar-refractivity contribution in [3.63, 3.8) is 0 Å². The molecule has 2 nitrogen and oxygen atoms in total. The molecule has 3 unspecified atom stereocenters. The first-order valence-electron chi connectivity index (χ1n) is 7.20. The quantitative estimate of drug-likeness (QED) is 0.695. The minimum absolute atomic E-state index is 0.0154. The van der Waals surface area contributed by atoms with Crippen LogP contribution in [0.15, 0.2) is 12.1 Å². The molecule has 0 fully saturated rings. The molecule has 4 heteroatoms. The molecule has 0 aromatic carbocycles. The fraction of sp³-hybridized carbons (Fsp3) is 0.733. The average molecular weight is 304 g/mol. The summed E-state index contributed by atoms with van der Waals surface area (Å²) >= 11 is 7.55. The van der Waals surface area contributed by atoms with E-state index >= 15 is 0 Å². The zero-order valence-corrected chi connectivity index (χ0v) is 13.8. The number of hydrogen-bond acceptors (Lipinski definition) is 3. The maximum Gasteiger partial charge on any atom is 0.106 e. The smallest absolute Gasteiger partial charge is 0.106 e. The molecule has 0 amide bonds. The summed E-state index contributed by atoms with van der Waals surface area (Å²) in [4.78, 5) is 1.13. The van der Waals surface area contributed by atoms with E-state index in [0.717, 1.165) is 22.2 Å². The zero-order chi connectivity index (χ0) is 14.3. The summed E-state index contributed by atoms with van der Waals surface area (Å²) in [6, 6.07) is 3.92. The van der Waals surface area contributed by atoms with Crippen LogP contribution in [-0.4, -0.2) is 12.6 Å². The van der Waals surface area contributed by atoms with Crippen molar-refractivity contribution < 1.29 is 4.74 Å². The van der Waals surface area contributed by atoms with E-state index in [2.05, 4.69) is 13.8 Å². The Bertz CT molecular complexity index is 354. The van der Waals surface area contributed by atoms with Gasteiger partial charge in [0.05, 0.1) is 10.9 Å². The molecule has 0 spiro atoms. The van der Waals surface area contributed by atoms with Crippen LogP contribution in [0.3, 0.4) is 0 Å². The number of rotatable bonds is 9. The highest BCUT2D eigenvalue weighted by Gasteiger charge is 2.20. The molecule has 0 aliphatic rings. The normalized spacial score (nSPS) is 16.3. The van der Waals surface area contributed by atoms with Crippen LogP contribution in [0.25, 0.3) is 0 Å². The van der Waals surface area contributed by atoms with Gasteiger partial charge in [-0.1, -0.05) is 44.7 Å². The third-order valence-corrected chi connectivity index (χ3v) is 4.70. The van der Waals surface area contributed by atoms with Crippen molar-refractivity contribution in [3.05, 3.63) is 21.3 Å². The Morgan fingerprint density at radius 3 is 2.58 bits per heavy atom. The third kappa shape index (κ3) is 5.82. The number of hydrogen-bond donors (Lipinski definition) is 1. The van der Waals surface area contributed by atoms with Gasteiger partial charge in [-0.05, 0) is 31.4 Å². The van der Waals surface area contributed by atoms with E-state index in [1.54, 1.807) is 11.3 Å². The van der Waals surface area contributed by atoms with Gasteiger partial charge in [0.15, 0.2) is 0 Å². The Hall–Kier alpha value is -0.0900. The van der Waals surface area contributed by atoms with Gasteiger partial charge in [0.25, 0.3) is 0 Å². The molecule has 3 atom stereocenters. The van der Waals surface area contributed by atoms with E-state index in [4.69, 9.17) is 22.1 Å². The zero-order valence-electron chi connectivity index (χ0n) is 12.2. The molecule has 1 heterocycles. The molecule has 1 aromatic heterocycles. The van der Waals surface area contributed by atoms with Crippen molar-refractivity contribution in [2.75, 3.05) is 6.61 Å². The Kier molecular flexibility index (Phi) is 8.00. The highest BCUT2D eigenvalue weighted by molar-refractivity contribution is 7.16. The molecule has 0 bridgehead atoms. The number of halogens is 1. The number of thiophene rings is 1. The summed E-state index contributed by atoms with van der Waals surface area (Å²) in [7, 11) is 0. The van der Waals surface area contributed by atoms with Crippen molar-refractivity contribution in [2.24, 2.45) is 11.7 Å². The van der Waals surface area contributed by atoms with Gasteiger partial charge >= 0.3 is 0 Å². The summed E-state index contributed by atoms with van der Waals surface area (Å²) in [5, 5.41) is 0. The van der Waals surface area contributed by atoms with E-state index in [-0.39, 0.29) is 12.1 Å². The van der Waals surface area contributed by atoms with Gasteiger partial charge in [0, 0.05) is 10.9 Å². The van der Waals surface area contributed by atoms with Crippen molar-refractivity contribution in [1.82, 2.24) is 0 Å². The van der Waals surface area contributed by atoms with Gasteiger partial charge < -0.3 is 10.5 Å². The van der Waals surface area contributed by atoms with Crippen LogP contribution in [0, 0.1) is 5.92 Å². The van der Waals surface area contributed by atoms with Crippen molar-refractivity contribution >= 4 is 22.9 Å². The van der Waals surface area contributed by atoms with Crippen LogP contribution >= 0.6 is 22.9 Å². The Morgan fingerprint density at radius 1 is 1.37 bits per heavy atom. The molecule has 0 saturated carbocycles. The second kappa shape index (κ2) is 8.96. The predicted octanol–water partition coefficient (Wildman–Crippen LogP) is 5.02. The molecular weight excluding hydrogens is 278 g/mol. The third-order valence-electron chi connectivity index (χ3n) is 3.41. The first-order chi connectivity index (χ1) is 9.08. The van der Waals surface area contributed by atoms with E-state index in [0.29, 0.717) is 5.92 Å². The summed E-state index contributed by atoms with van der Waals surface area (Å²) < 4.78 is 6.87. The fourth-order valence-electron chi connectivity index (χ4n) is 2.11. The van der Waals surface area contributed by atoms with Gasteiger partial charge in [-0.3, -0.25) is 0 Å². The molecule has 0 saturated heterocycles. The minimum Gasteiger partial charge on any atom is -0.371 e. The summed E-state index contributed by atoms with van der Waals surface area (Å²) in [5.41, 5.74) is 6.04.